The van der Waals surface area contributed by atoms with Gasteiger partial charge in [-0.2, -0.15) is 0 Å². The van der Waals surface area contributed by atoms with Crippen molar-refractivity contribution in [3.05, 3.63) is 53.1 Å². The van der Waals surface area contributed by atoms with Crippen LogP contribution in [0.5, 0.6) is 0 Å². The van der Waals surface area contributed by atoms with Crippen LogP contribution in [0.15, 0.2) is 35.6 Å². The van der Waals surface area contributed by atoms with Gasteiger partial charge >= 0.3 is 0 Å². The average Bonchev–Trinajstić information content (AvgIpc) is 2.47. The number of hydrogen-bond acceptors (Lipinski definition) is 4. The number of rotatable bonds is 4. The Morgan fingerprint density at radius 2 is 1.87 bits per heavy atom. The van der Waals surface area contributed by atoms with Crippen LogP contribution in [0.2, 0.25) is 0 Å². The highest BCUT2D eigenvalue weighted by Crippen LogP contribution is 2.23. The van der Waals surface area contributed by atoms with Gasteiger partial charge in [-0.15, -0.1) is 0 Å². The summed E-state index contributed by atoms with van der Waals surface area (Å²) in [6, 6.07) is 5.40. The summed E-state index contributed by atoms with van der Waals surface area (Å²) in [5, 5.41) is 0. The lowest BCUT2D eigenvalue weighted by Gasteiger charge is -2.21. The summed E-state index contributed by atoms with van der Waals surface area (Å²) in [7, 11) is -3.58. The molecule has 0 saturated heterocycles. The highest BCUT2D eigenvalue weighted by molar-refractivity contribution is 7.89. The van der Waals surface area contributed by atoms with Crippen molar-refractivity contribution in [2.24, 2.45) is 0 Å². The van der Waals surface area contributed by atoms with Gasteiger partial charge in [0.25, 0.3) is 0 Å². The molecule has 1 N–H and O–H groups in total. The van der Waals surface area contributed by atoms with Crippen molar-refractivity contribution in [2.75, 3.05) is 0 Å². The predicted octanol–water partition coefficient (Wildman–Crippen LogP) is 2.87. The Balaban J connectivity index is 2.29. The largest absolute Gasteiger partial charge is 0.244 e. The van der Waals surface area contributed by atoms with E-state index in [0.29, 0.717) is 4.90 Å². The smallest absolute Gasteiger partial charge is 0.241 e. The number of aromatic nitrogens is 2. The second-order valence-electron chi connectivity index (χ2n) is 6.74. The molecule has 0 bridgehead atoms. The number of sulfonamides is 1. The molecule has 2 rings (SSSR count). The number of nitrogens with zero attached hydrogens (tertiary/aromatic N) is 2. The second-order valence-corrected chi connectivity index (χ2v) is 8.48. The fraction of sp³-hybridized carbons (Fsp3) is 0.412. The van der Waals surface area contributed by atoms with Gasteiger partial charge in [0.05, 0.1) is 10.6 Å². The van der Waals surface area contributed by atoms with Crippen LogP contribution in [0, 0.1) is 13.8 Å². The highest BCUT2D eigenvalue weighted by atomic mass is 32.2. The van der Waals surface area contributed by atoms with Gasteiger partial charge in [-0.3, -0.25) is 0 Å². The maximum Gasteiger partial charge on any atom is 0.241 e. The van der Waals surface area contributed by atoms with Crippen molar-refractivity contribution < 1.29 is 8.42 Å². The normalized spacial score (nSPS) is 12.4. The van der Waals surface area contributed by atoms with E-state index in [9.17, 15) is 8.42 Å². The molecule has 1 heterocycles. The first-order valence-electron chi connectivity index (χ1n) is 7.47. The Morgan fingerprint density at radius 1 is 1.17 bits per heavy atom. The van der Waals surface area contributed by atoms with Gasteiger partial charge in [-0.1, -0.05) is 32.9 Å². The molecule has 0 saturated carbocycles. The van der Waals surface area contributed by atoms with Gasteiger partial charge in [0.2, 0.25) is 10.0 Å². The summed E-state index contributed by atoms with van der Waals surface area (Å²) in [5.74, 6) is 0. The molecule has 0 amide bonds. The zero-order valence-electron chi connectivity index (χ0n) is 14.2. The summed E-state index contributed by atoms with van der Waals surface area (Å²) < 4.78 is 27.8. The van der Waals surface area contributed by atoms with Crippen LogP contribution in [0.4, 0.5) is 0 Å². The fourth-order valence-corrected chi connectivity index (χ4v) is 3.74. The lowest BCUT2D eigenvalue weighted by atomic mass is 9.89. The predicted molar refractivity (Wildman–Crippen MR) is 90.7 cm³/mol. The van der Waals surface area contributed by atoms with E-state index in [0.717, 1.165) is 22.4 Å². The highest BCUT2D eigenvalue weighted by Gasteiger charge is 2.22. The third-order valence-corrected chi connectivity index (χ3v) is 5.13. The summed E-state index contributed by atoms with van der Waals surface area (Å²) in [6.07, 6.45) is 3.16. The van der Waals surface area contributed by atoms with Gasteiger partial charge in [0.1, 0.15) is 6.33 Å². The van der Waals surface area contributed by atoms with Crippen LogP contribution in [0.1, 0.15) is 43.2 Å². The summed E-state index contributed by atoms with van der Waals surface area (Å²) in [6.45, 7) is 9.96. The SMILES string of the molecule is Cc1ccc(C)c(S(=O)(=O)NCc2cncnc2C(C)(C)C)c1. The van der Waals surface area contributed by atoms with Gasteiger partial charge < -0.3 is 0 Å². The van der Waals surface area contributed by atoms with E-state index >= 15 is 0 Å². The number of hydrogen-bond donors (Lipinski definition) is 1. The standard InChI is InChI=1S/C17H23N3O2S/c1-12-6-7-13(2)15(8-12)23(21,22)20-10-14-9-18-11-19-16(14)17(3,4)5/h6-9,11,20H,10H2,1-5H3. The van der Waals surface area contributed by atoms with E-state index in [1.807, 2.05) is 39.8 Å². The molecule has 124 valence electrons. The zero-order chi connectivity index (χ0) is 17.3. The molecule has 0 radical (unpaired) electrons. The molecule has 2 aromatic rings. The summed E-state index contributed by atoms with van der Waals surface area (Å²) in [4.78, 5) is 8.64. The number of benzene rings is 1. The van der Waals surface area contributed by atoms with E-state index in [4.69, 9.17) is 0 Å². The molecule has 23 heavy (non-hydrogen) atoms. The Morgan fingerprint density at radius 3 is 2.52 bits per heavy atom. The van der Waals surface area contributed by atoms with E-state index < -0.39 is 10.0 Å². The van der Waals surface area contributed by atoms with Crippen molar-refractivity contribution in [3.8, 4) is 0 Å². The molecule has 5 nitrogen and oxygen atoms in total. The van der Waals surface area contributed by atoms with Crippen molar-refractivity contribution in [2.45, 2.75) is 51.5 Å². The molecule has 0 aliphatic rings. The molecular weight excluding hydrogens is 310 g/mol. The first-order valence-corrected chi connectivity index (χ1v) is 8.96. The summed E-state index contributed by atoms with van der Waals surface area (Å²) >= 11 is 0. The van der Waals surface area contributed by atoms with Gasteiger partial charge in [0.15, 0.2) is 0 Å². The van der Waals surface area contributed by atoms with Gasteiger partial charge in [-0.05, 0) is 31.0 Å². The second kappa shape index (κ2) is 6.37. The fourth-order valence-electron chi connectivity index (χ4n) is 2.41. The molecule has 0 aliphatic heterocycles. The van der Waals surface area contributed by atoms with E-state index in [-0.39, 0.29) is 12.0 Å². The van der Waals surface area contributed by atoms with Crippen molar-refractivity contribution in [1.29, 1.82) is 0 Å². The minimum atomic E-state index is -3.58. The van der Waals surface area contributed by atoms with Crippen molar-refractivity contribution >= 4 is 10.0 Å². The van der Waals surface area contributed by atoms with E-state index in [1.165, 1.54) is 6.33 Å². The van der Waals surface area contributed by atoms with Gasteiger partial charge in [0, 0.05) is 23.7 Å². The maximum atomic E-state index is 12.6. The average molecular weight is 333 g/mol. The topological polar surface area (TPSA) is 72.0 Å². The molecule has 0 unspecified atom stereocenters. The third-order valence-electron chi connectivity index (χ3n) is 3.58. The van der Waals surface area contributed by atoms with Crippen LogP contribution < -0.4 is 4.72 Å². The monoisotopic (exact) mass is 333 g/mol. The quantitative estimate of drug-likeness (QED) is 0.934. The van der Waals surface area contributed by atoms with Crippen molar-refractivity contribution in [1.82, 2.24) is 14.7 Å². The zero-order valence-corrected chi connectivity index (χ0v) is 15.0. The lowest BCUT2D eigenvalue weighted by molar-refractivity contribution is 0.551. The van der Waals surface area contributed by atoms with Crippen LogP contribution >= 0.6 is 0 Å². The van der Waals surface area contributed by atoms with Crippen molar-refractivity contribution in [3.63, 3.8) is 0 Å². The number of aryl methyl sites for hydroxylation is 2. The maximum absolute atomic E-state index is 12.6. The number of nitrogens with one attached hydrogen (secondary N) is 1. The summed E-state index contributed by atoms with van der Waals surface area (Å²) in [5.41, 5.74) is 3.09. The van der Waals surface area contributed by atoms with Crippen LogP contribution in [-0.4, -0.2) is 18.4 Å². The molecule has 0 fully saturated rings. The van der Waals surface area contributed by atoms with Crippen LogP contribution in [0.25, 0.3) is 0 Å². The molecule has 1 aromatic carbocycles. The third kappa shape index (κ3) is 4.14. The molecule has 0 spiro atoms. The Hall–Kier alpha value is -1.79. The van der Waals surface area contributed by atoms with Crippen LogP contribution in [0.3, 0.4) is 0 Å². The minimum absolute atomic E-state index is 0.170. The molecular formula is C17H23N3O2S. The first kappa shape index (κ1) is 17.6. The minimum Gasteiger partial charge on any atom is -0.244 e. The van der Waals surface area contributed by atoms with Gasteiger partial charge in [-0.25, -0.2) is 23.1 Å². The lowest BCUT2D eigenvalue weighted by Crippen LogP contribution is -2.27. The van der Waals surface area contributed by atoms with E-state index in [2.05, 4.69) is 14.7 Å². The Labute approximate surface area is 138 Å². The van der Waals surface area contributed by atoms with E-state index in [1.54, 1.807) is 19.2 Å². The molecule has 1 aromatic heterocycles. The first-order chi connectivity index (χ1) is 10.6. The Kier molecular flexibility index (Phi) is 4.87. The molecule has 6 heteroatoms. The van der Waals surface area contributed by atoms with Crippen LogP contribution in [-0.2, 0) is 22.0 Å². The molecule has 0 atom stereocenters. The Bertz CT molecular complexity index is 809. The molecule has 0 aliphatic carbocycles.